The summed E-state index contributed by atoms with van der Waals surface area (Å²) in [5.41, 5.74) is 1.72. The summed E-state index contributed by atoms with van der Waals surface area (Å²) in [6, 6.07) is 9.07. The van der Waals surface area contributed by atoms with E-state index in [-0.39, 0.29) is 11.2 Å². The number of aliphatic carboxylic acids is 1. The number of carbonyl (C=O) groups is 1. The third-order valence-electron chi connectivity index (χ3n) is 4.22. The Morgan fingerprint density at radius 3 is 2.37 bits per heavy atom. The molecule has 0 amide bonds. The van der Waals surface area contributed by atoms with Crippen molar-refractivity contribution in [1.82, 2.24) is 10.1 Å². The van der Waals surface area contributed by atoms with Crippen molar-refractivity contribution < 1.29 is 32.0 Å². The monoisotopic (exact) mass is 388 g/mol. The van der Waals surface area contributed by atoms with Crippen molar-refractivity contribution in [2.24, 2.45) is 0 Å². The summed E-state index contributed by atoms with van der Waals surface area (Å²) in [5.74, 6) is -1.99. The van der Waals surface area contributed by atoms with Crippen LogP contribution in [0.4, 0.5) is 17.6 Å². The van der Waals surface area contributed by atoms with Crippen molar-refractivity contribution in [3.05, 3.63) is 53.2 Å². The summed E-state index contributed by atoms with van der Waals surface area (Å²) in [5, 5.41) is 11.0. The molecule has 1 fully saturated rings. The van der Waals surface area contributed by atoms with Crippen LogP contribution in [0.1, 0.15) is 29.9 Å². The van der Waals surface area contributed by atoms with E-state index >= 15 is 0 Å². The van der Waals surface area contributed by atoms with Crippen LogP contribution in [0.3, 0.4) is 0 Å². The van der Waals surface area contributed by atoms with Gasteiger partial charge in [0.2, 0.25) is 0 Å². The Hall–Kier alpha value is -2.42. The average molecular weight is 388 g/mol. The molecule has 5 nitrogen and oxygen atoms in total. The van der Waals surface area contributed by atoms with Gasteiger partial charge in [0.15, 0.2) is 5.76 Å². The van der Waals surface area contributed by atoms with Gasteiger partial charge in [0.05, 0.1) is 12.2 Å². The highest BCUT2D eigenvalue weighted by molar-refractivity contribution is 5.73. The normalized spacial score (nSPS) is 15.2. The minimum atomic E-state index is -5.08. The largest absolute Gasteiger partial charge is 0.490 e. The van der Waals surface area contributed by atoms with Crippen molar-refractivity contribution in [1.29, 1.82) is 0 Å². The average Bonchev–Trinajstić information content (AvgIpc) is 3.21. The molecule has 2 aromatic rings. The maximum Gasteiger partial charge on any atom is 0.490 e. The lowest BCUT2D eigenvalue weighted by atomic mass is 9.95. The van der Waals surface area contributed by atoms with E-state index in [2.05, 4.69) is 10.1 Å². The maximum atomic E-state index is 14.0. The van der Waals surface area contributed by atoms with Crippen LogP contribution in [0.2, 0.25) is 0 Å². The number of halogens is 4. The van der Waals surface area contributed by atoms with Crippen molar-refractivity contribution in [2.45, 2.75) is 37.9 Å². The van der Waals surface area contributed by atoms with Crippen molar-refractivity contribution in [2.75, 3.05) is 13.6 Å². The minimum Gasteiger partial charge on any atom is -0.475 e. The molecule has 1 saturated carbocycles. The van der Waals surface area contributed by atoms with Crippen LogP contribution in [0.5, 0.6) is 0 Å². The molecule has 9 heteroatoms. The van der Waals surface area contributed by atoms with E-state index in [9.17, 15) is 17.6 Å². The van der Waals surface area contributed by atoms with E-state index < -0.39 is 12.1 Å². The minimum absolute atomic E-state index is 0.0187. The SMILES string of the molecule is Cc1cc(CN(C)CC2(c3ccccc3F)CC2)on1.O=C(O)C(F)(F)F. The molecule has 27 heavy (non-hydrogen) atoms. The van der Waals surface area contributed by atoms with Crippen molar-refractivity contribution in [3.63, 3.8) is 0 Å². The number of hydrogen-bond donors (Lipinski definition) is 1. The Balaban J connectivity index is 0.000000321. The molecule has 1 aromatic carbocycles. The second kappa shape index (κ2) is 8.08. The maximum absolute atomic E-state index is 14.0. The molecule has 0 atom stereocenters. The van der Waals surface area contributed by atoms with Crippen LogP contribution in [0, 0.1) is 12.7 Å². The Kier molecular flexibility index (Phi) is 6.25. The van der Waals surface area contributed by atoms with Gasteiger partial charge in [0, 0.05) is 18.0 Å². The number of likely N-dealkylation sites (N-methyl/N-ethyl adjacent to an activating group) is 1. The number of rotatable bonds is 5. The van der Waals surface area contributed by atoms with Crippen LogP contribution in [0.15, 0.2) is 34.9 Å². The highest BCUT2D eigenvalue weighted by Crippen LogP contribution is 2.49. The highest BCUT2D eigenvalue weighted by atomic mass is 19.4. The topological polar surface area (TPSA) is 66.6 Å². The number of carboxylic acids is 1. The van der Waals surface area contributed by atoms with E-state index in [0.29, 0.717) is 6.54 Å². The van der Waals surface area contributed by atoms with E-state index in [4.69, 9.17) is 14.4 Å². The lowest BCUT2D eigenvalue weighted by Gasteiger charge is -2.23. The molecule has 148 valence electrons. The second-order valence-electron chi connectivity index (χ2n) is 6.67. The zero-order valence-corrected chi connectivity index (χ0v) is 14.9. The predicted molar refractivity (Wildman–Crippen MR) is 88.6 cm³/mol. The molecule has 0 spiro atoms. The van der Waals surface area contributed by atoms with Gasteiger partial charge in [-0.3, -0.25) is 4.90 Å². The first kappa shape index (κ1) is 20.9. The zero-order chi connectivity index (χ0) is 20.2. The highest BCUT2D eigenvalue weighted by Gasteiger charge is 2.46. The molecule has 1 N–H and O–H groups in total. The second-order valence-corrected chi connectivity index (χ2v) is 6.67. The fourth-order valence-corrected chi connectivity index (χ4v) is 2.88. The number of aryl methyl sites for hydroxylation is 1. The third-order valence-corrected chi connectivity index (χ3v) is 4.22. The van der Waals surface area contributed by atoms with Crippen LogP contribution in [0.25, 0.3) is 0 Å². The first-order valence-electron chi connectivity index (χ1n) is 8.19. The quantitative estimate of drug-likeness (QED) is 0.787. The van der Waals surface area contributed by atoms with Gasteiger partial charge < -0.3 is 9.63 Å². The Labute approximate surface area is 153 Å². The van der Waals surface area contributed by atoms with Gasteiger partial charge in [-0.25, -0.2) is 9.18 Å². The van der Waals surface area contributed by atoms with Gasteiger partial charge in [-0.15, -0.1) is 0 Å². The standard InChI is InChI=1S/C16H19FN2O.C2HF3O2/c1-12-9-13(20-18-12)10-19(2)11-16(7-8-16)14-5-3-4-6-15(14)17;3-2(4,5)1(6)7/h3-6,9H,7-8,10-11H2,1-2H3;(H,6,7). The molecular weight excluding hydrogens is 368 g/mol. The first-order valence-corrected chi connectivity index (χ1v) is 8.19. The number of hydrogen-bond acceptors (Lipinski definition) is 4. The van der Waals surface area contributed by atoms with Gasteiger partial charge in [-0.05, 0) is 38.4 Å². The summed E-state index contributed by atoms with van der Waals surface area (Å²) in [6.07, 6.45) is -2.98. The van der Waals surface area contributed by atoms with Gasteiger partial charge in [-0.2, -0.15) is 13.2 Å². The van der Waals surface area contributed by atoms with Crippen LogP contribution in [-0.4, -0.2) is 40.9 Å². The molecule has 1 aromatic heterocycles. The van der Waals surface area contributed by atoms with E-state index in [1.165, 1.54) is 0 Å². The molecule has 1 aliphatic rings. The molecule has 1 heterocycles. The number of nitrogens with zero attached hydrogens (tertiary/aromatic N) is 2. The number of alkyl halides is 3. The predicted octanol–water partition coefficient (Wildman–Crippen LogP) is 3.92. The molecule has 0 aliphatic heterocycles. The molecule has 0 bridgehead atoms. The van der Waals surface area contributed by atoms with Crippen LogP contribution in [-0.2, 0) is 16.8 Å². The molecule has 0 unspecified atom stereocenters. The molecule has 1 aliphatic carbocycles. The molecule has 0 radical (unpaired) electrons. The number of benzene rings is 1. The van der Waals surface area contributed by atoms with Crippen molar-refractivity contribution in [3.8, 4) is 0 Å². The summed E-state index contributed by atoms with van der Waals surface area (Å²) >= 11 is 0. The summed E-state index contributed by atoms with van der Waals surface area (Å²) in [4.78, 5) is 11.1. The molecular formula is C18H20F4N2O3. The van der Waals surface area contributed by atoms with Gasteiger partial charge >= 0.3 is 12.1 Å². The van der Waals surface area contributed by atoms with Crippen LogP contribution < -0.4 is 0 Å². The van der Waals surface area contributed by atoms with Gasteiger partial charge in [0.25, 0.3) is 0 Å². The zero-order valence-electron chi connectivity index (χ0n) is 14.9. The Morgan fingerprint density at radius 2 is 1.93 bits per heavy atom. The van der Waals surface area contributed by atoms with Crippen LogP contribution >= 0.6 is 0 Å². The van der Waals surface area contributed by atoms with Crippen molar-refractivity contribution >= 4 is 5.97 Å². The van der Waals surface area contributed by atoms with E-state index in [0.717, 1.165) is 36.4 Å². The summed E-state index contributed by atoms with van der Waals surface area (Å²) in [6.45, 7) is 3.46. The fraction of sp³-hybridized carbons (Fsp3) is 0.444. The third kappa shape index (κ3) is 5.78. The smallest absolute Gasteiger partial charge is 0.475 e. The first-order chi connectivity index (χ1) is 12.5. The summed E-state index contributed by atoms with van der Waals surface area (Å²) in [7, 11) is 2.04. The van der Waals surface area contributed by atoms with Gasteiger partial charge in [-0.1, -0.05) is 23.4 Å². The Morgan fingerprint density at radius 1 is 1.33 bits per heavy atom. The number of aromatic nitrogens is 1. The lowest BCUT2D eigenvalue weighted by Crippen LogP contribution is -2.29. The Bertz CT molecular complexity index is 785. The molecule has 0 saturated heterocycles. The van der Waals surface area contributed by atoms with E-state index in [1.54, 1.807) is 12.1 Å². The summed E-state index contributed by atoms with van der Waals surface area (Å²) < 4.78 is 50.9. The lowest BCUT2D eigenvalue weighted by molar-refractivity contribution is -0.192. The van der Waals surface area contributed by atoms with Gasteiger partial charge in [0.1, 0.15) is 5.82 Å². The fourth-order valence-electron chi connectivity index (χ4n) is 2.88. The molecule has 3 rings (SSSR count). The van der Waals surface area contributed by atoms with E-state index in [1.807, 2.05) is 32.2 Å². The number of carboxylic acid groups (broad SMARTS) is 1.